The number of nitrogens with one attached hydrogen (secondary N) is 1. The highest BCUT2D eigenvalue weighted by Gasteiger charge is 2.33. The van der Waals surface area contributed by atoms with Crippen LogP contribution in [0.15, 0.2) is 4.42 Å². The second-order valence-electron chi connectivity index (χ2n) is 5.37. The van der Waals surface area contributed by atoms with Gasteiger partial charge in [0, 0.05) is 32.1 Å². The van der Waals surface area contributed by atoms with E-state index >= 15 is 0 Å². The highest BCUT2D eigenvalue weighted by atomic mass is 16.5. The van der Waals surface area contributed by atoms with Crippen LogP contribution in [0, 0.1) is 0 Å². The van der Waals surface area contributed by atoms with E-state index in [1.807, 2.05) is 0 Å². The summed E-state index contributed by atoms with van der Waals surface area (Å²) in [6, 6.07) is 0. The van der Waals surface area contributed by atoms with Crippen LogP contribution in [0.2, 0.25) is 0 Å². The largest absolute Gasteiger partial charge is 0.455 e. The molecule has 21 heavy (non-hydrogen) atoms. The van der Waals surface area contributed by atoms with E-state index in [1.165, 1.54) is 0 Å². The zero-order valence-corrected chi connectivity index (χ0v) is 12.3. The first kappa shape index (κ1) is 14.1. The summed E-state index contributed by atoms with van der Waals surface area (Å²) < 4.78 is 11.6. The fourth-order valence-electron chi connectivity index (χ4n) is 3.12. The Bertz CT molecular complexity index is 654. The normalized spacial score (nSPS) is 21.5. The van der Waals surface area contributed by atoms with E-state index in [9.17, 15) is 0 Å². The van der Waals surface area contributed by atoms with Gasteiger partial charge < -0.3 is 25.9 Å². The Morgan fingerprint density at radius 2 is 2.24 bits per heavy atom. The second-order valence-corrected chi connectivity index (χ2v) is 5.37. The summed E-state index contributed by atoms with van der Waals surface area (Å²) in [5, 5.41) is 3.01. The maximum Gasteiger partial charge on any atom is 0.222 e. The van der Waals surface area contributed by atoms with Gasteiger partial charge in [-0.2, -0.15) is 4.98 Å². The number of nitrogens with zero attached hydrogens (tertiary/aromatic N) is 2. The number of furan rings is 1. The Hall–Kier alpha value is -1.86. The van der Waals surface area contributed by atoms with Gasteiger partial charge in [0.1, 0.15) is 11.3 Å². The predicted octanol–water partition coefficient (Wildman–Crippen LogP) is 1.24. The monoisotopic (exact) mass is 291 g/mol. The van der Waals surface area contributed by atoms with Crippen LogP contribution in [-0.2, 0) is 11.2 Å². The Morgan fingerprint density at radius 3 is 2.90 bits per heavy atom. The van der Waals surface area contributed by atoms with Crippen molar-refractivity contribution < 1.29 is 9.15 Å². The molecule has 1 aliphatic rings. The average molecular weight is 291 g/mol. The molecule has 0 fully saturated rings. The lowest BCUT2D eigenvalue weighted by Gasteiger charge is -2.26. The van der Waals surface area contributed by atoms with Crippen molar-refractivity contribution in [1.29, 1.82) is 0 Å². The summed E-state index contributed by atoms with van der Waals surface area (Å²) in [5.41, 5.74) is 14.1. The van der Waals surface area contributed by atoms with E-state index in [0.29, 0.717) is 17.9 Å². The highest BCUT2D eigenvalue weighted by molar-refractivity contribution is 5.88. The molecule has 2 aromatic rings. The molecule has 0 aliphatic heterocycles. The van der Waals surface area contributed by atoms with Crippen molar-refractivity contribution in [3.05, 3.63) is 11.3 Å². The molecule has 0 bridgehead atoms. The third-order valence-corrected chi connectivity index (χ3v) is 4.11. The lowest BCUT2D eigenvalue weighted by molar-refractivity contribution is 0.0788. The van der Waals surface area contributed by atoms with Crippen LogP contribution in [0.4, 0.5) is 11.8 Å². The van der Waals surface area contributed by atoms with Crippen LogP contribution in [0.3, 0.4) is 0 Å². The maximum atomic E-state index is 6.07. The van der Waals surface area contributed by atoms with Gasteiger partial charge in [-0.05, 0) is 19.4 Å². The molecule has 2 unspecified atom stereocenters. The molecular weight excluding hydrogens is 270 g/mol. The number of methoxy groups -OCH3 is 1. The number of hydrogen-bond acceptors (Lipinski definition) is 7. The molecule has 0 spiro atoms. The van der Waals surface area contributed by atoms with Gasteiger partial charge in [0.2, 0.25) is 5.95 Å². The van der Waals surface area contributed by atoms with Crippen LogP contribution in [0.25, 0.3) is 11.1 Å². The fourth-order valence-corrected chi connectivity index (χ4v) is 3.12. The Kier molecular flexibility index (Phi) is 3.69. The molecule has 0 amide bonds. The number of nitrogens with two attached hydrogens (primary N) is 2. The Balaban J connectivity index is 2.18. The molecule has 7 nitrogen and oxygen atoms in total. The second kappa shape index (κ2) is 5.50. The van der Waals surface area contributed by atoms with Gasteiger partial charge in [-0.25, -0.2) is 4.98 Å². The Labute approximate surface area is 123 Å². The van der Waals surface area contributed by atoms with E-state index in [-0.39, 0.29) is 18.0 Å². The smallest absolute Gasteiger partial charge is 0.222 e. The van der Waals surface area contributed by atoms with Crippen molar-refractivity contribution in [1.82, 2.24) is 9.97 Å². The standard InChI is InChI=1S/C14H21N5O2/c1-17-13-12-10(18-14(16)19-13)9-6-8(20-2)5-7(3-4-15)11(9)21-12/h7-8H,3-6,15H2,1-2H3,(H3,16,17,18,19). The zero-order chi connectivity index (χ0) is 15.0. The van der Waals surface area contributed by atoms with Gasteiger partial charge in [0.25, 0.3) is 0 Å². The first-order chi connectivity index (χ1) is 10.2. The van der Waals surface area contributed by atoms with Crippen molar-refractivity contribution >= 4 is 22.9 Å². The molecule has 1 aliphatic carbocycles. The minimum Gasteiger partial charge on any atom is -0.455 e. The Morgan fingerprint density at radius 1 is 1.43 bits per heavy atom. The number of aromatic nitrogens is 2. The quantitative estimate of drug-likeness (QED) is 0.776. The molecule has 5 N–H and O–H groups in total. The number of nitrogen functional groups attached to an aromatic ring is 1. The lowest BCUT2D eigenvalue weighted by Crippen LogP contribution is -2.25. The molecule has 0 saturated carbocycles. The summed E-state index contributed by atoms with van der Waals surface area (Å²) in [5.74, 6) is 2.07. The van der Waals surface area contributed by atoms with Crippen LogP contribution < -0.4 is 16.8 Å². The molecule has 3 rings (SSSR count). The first-order valence-electron chi connectivity index (χ1n) is 7.17. The highest BCUT2D eigenvalue weighted by Crippen LogP contribution is 2.41. The summed E-state index contributed by atoms with van der Waals surface area (Å²) in [6.45, 7) is 0.615. The molecular formula is C14H21N5O2. The number of hydrogen-bond donors (Lipinski definition) is 3. The molecule has 2 aromatic heterocycles. The van der Waals surface area contributed by atoms with Gasteiger partial charge in [-0.3, -0.25) is 0 Å². The third kappa shape index (κ3) is 2.32. The van der Waals surface area contributed by atoms with E-state index in [4.69, 9.17) is 20.6 Å². The number of fused-ring (bicyclic) bond motifs is 3. The number of rotatable bonds is 4. The van der Waals surface area contributed by atoms with Gasteiger partial charge >= 0.3 is 0 Å². The molecule has 2 atom stereocenters. The SMILES string of the molecule is CNc1nc(N)nc2c3c(oc12)C(CCN)CC(OC)C3. The van der Waals surface area contributed by atoms with Crippen molar-refractivity contribution in [2.24, 2.45) is 5.73 Å². The van der Waals surface area contributed by atoms with Gasteiger partial charge in [-0.1, -0.05) is 0 Å². The third-order valence-electron chi connectivity index (χ3n) is 4.11. The number of ether oxygens (including phenoxy) is 1. The molecule has 7 heteroatoms. The van der Waals surface area contributed by atoms with Crippen molar-refractivity contribution in [3.8, 4) is 0 Å². The van der Waals surface area contributed by atoms with Crippen LogP contribution in [0.5, 0.6) is 0 Å². The predicted molar refractivity (Wildman–Crippen MR) is 81.3 cm³/mol. The van der Waals surface area contributed by atoms with Gasteiger partial charge in [0.15, 0.2) is 11.4 Å². The maximum absolute atomic E-state index is 6.07. The molecule has 2 heterocycles. The van der Waals surface area contributed by atoms with Crippen molar-refractivity contribution in [2.75, 3.05) is 31.8 Å². The zero-order valence-electron chi connectivity index (χ0n) is 12.3. The molecule has 0 aromatic carbocycles. The minimum atomic E-state index is 0.157. The molecule has 0 saturated heterocycles. The summed E-state index contributed by atoms with van der Waals surface area (Å²) in [4.78, 5) is 8.55. The van der Waals surface area contributed by atoms with E-state index < -0.39 is 0 Å². The number of anilines is 2. The topological polar surface area (TPSA) is 112 Å². The fraction of sp³-hybridized carbons (Fsp3) is 0.571. The van der Waals surface area contributed by atoms with Gasteiger partial charge in [-0.15, -0.1) is 0 Å². The minimum absolute atomic E-state index is 0.157. The summed E-state index contributed by atoms with van der Waals surface area (Å²) in [7, 11) is 3.53. The first-order valence-corrected chi connectivity index (χ1v) is 7.17. The summed E-state index contributed by atoms with van der Waals surface area (Å²) in [6.07, 6.45) is 2.71. The molecule has 114 valence electrons. The van der Waals surface area contributed by atoms with Crippen molar-refractivity contribution in [3.63, 3.8) is 0 Å². The molecule has 0 radical (unpaired) electrons. The van der Waals surface area contributed by atoms with Crippen LogP contribution in [-0.4, -0.2) is 36.8 Å². The van der Waals surface area contributed by atoms with Crippen LogP contribution in [0.1, 0.15) is 30.1 Å². The van der Waals surface area contributed by atoms with E-state index in [2.05, 4.69) is 15.3 Å². The average Bonchev–Trinajstić information content (AvgIpc) is 2.85. The van der Waals surface area contributed by atoms with E-state index in [0.717, 1.165) is 36.1 Å². The van der Waals surface area contributed by atoms with Gasteiger partial charge in [0.05, 0.1) is 6.10 Å². The van der Waals surface area contributed by atoms with E-state index in [1.54, 1.807) is 14.2 Å². The summed E-state index contributed by atoms with van der Waals surface area (Å²) >= 11 is 0. The van der Waals surface area contributed by atoms with Crippen LogP contribution >= 0.6 is 0 Å². The lowest BCUT2D eigenvalue weighted by atomic mass is 9.84. The van der Waals surface area contributed by atoms with Crippen molar-refractivity contribution in [2.45, 2.75) is 31.3 Å².